The molecule has 4 aromatic rings. The number of nitrogens with zero attached hydrogens (tertiary/aromatic N) is 5. The van der Waals surface area contributed by atoms with Crippen molar-refractivity contribution in [3.05, 3.63) is 59.9 Å². The molecule has 5 heterocycles. The van der Waals surface area contributed by atoms with Crippen LogP contribution in [0.4, 0.5) is 31.7 Å². The molecule has 3 aromatic heterocycles. The average molecular weight is 549 g/mol. The molecule has 0 radical (unpaired) electrons. The highest BCUT2D eigenvalue weighted by Gasteiger charge is 2.24. The molecular weight excluding hydrogens is 518 g/mol. The van der Waals surface area contributed by atoms with Gasteiger partial charge in [0.25, 0.3) is 0 Å². The quantitative estimate of drug-likeness (QED) is 0.368. The van der Waals surface area contributed by atoms with Crippen molar-refractivity contribution in [3.8, 4) is 17.1 Å². The third-order valence-electron chi connectivity index (χ3n) is 7.27. The van der Waals surface area contributed by atoms with Crippen molar-refractivity contribution in [2.24, 2.45) is 0 Å². The molecule has 0 spiro atoms. The maximum atomic E-state index is 15.5. The van der Waals surface area contributed by atoms with Crippen molar-refractivity contribution in [1.29, 1.82) is 0 Å². The molecule has 40 heavy (non-hydrogen) atoms. The minimum atomic E-state index is -0.707. The summed E-state index contributed by atoms with van der Waals surface area (Å²) in [7, 11) is 1.53. The minimum absolute atomic E-state index is 0.178. The molecule has 0 aliphatic carbocycles. The van der Waals surface area contributed by atoms with Crippen LogP contribution in [0.2, 0.25) is 0 Å². The molecule has 1 aromatic carbocycles. The fourth-order valence-electron chi connectivity index (χ4n) is 5.25. The van der Waals surface area contributed by atoms with E-state index in [0.717, 1.165) is 30.7 Å². The number of hydrogen-bond donors (Lipinski definition) is 1. The SMILES string of the molecule is COc1ncccc1-c1nc2cc(F)cc(F)c2c(Nc2cc(N3CCOCC3)cnc2N2CCOCC2)c1C. The largest absolute Gasteiger partial charge is 0.481 e. The maximum Gasteiger partial charge on any atom is 0.222 e. The number of pyridine rings is 3. The van der Waals surface area contributed by atoms with E-state index < -0.39 is 11.6 Å². The summed E-state index contributed by atoms with van der Waals surface area (Å²) in [6.07, 6.45) is 3.48. The molecule has 0 atom stereocenters. The Morgan fingerprint density at radius 3 is 2.40 bits per heavy atom. The van der Waals surface area contributed by atoms with Crippen molar-refractivity contribution in [3.63, 3.8) is 0 Å². The summed E-state index contributed by atoms with van der Waals surface area (Å²) < 4.78 is 46.5. The molecular formula is C29H30F2N6O3. The number of halogens is 2. The van der Waals surface area contributed by atoms with Gasteiger partial charge in [0.15, 0.2) is 5.82 Å². The predicted molar refractivity (Wildman–Crippen MR) is 150 cm³/mol. The van der Waals surface area contributed by atoms with E-state index in [1.807, 2.05) is 25.3 Å². The van der Waals surface area contributed by atoms with Gasteiger partial charge in [0.2, 0.25) is 5.88 Å². The van der Waals surface area contributed by atoms with Gasteiger partial charge in [-0.15, -0.1) is 0 Å². The van der Waals surface area contributed by atoms with E-state index >= 15 is 4.39 Å². The van der Waals surface area contributed by atoms with Gasteiger partial charge in [0, 0.05) is 44.5 Å². The fraction of sp³-hybridized carbons (Fsp3) is 0.345. The molecule has 0 unspecified atom stereocenters. The Labute approximate surface area is 230 Å². The number of fused-ring (bicyclic) bond motifs is 1. The number of hydrogen-bond acceptors (Lipinski definition) is 9. The molecule has 9 nitrogen and oxygen atoms in total. The molecule has 2 saturated heterocycles. The lowest BCUT2D eigenvalue weighted by molar-refractivity contribution is 0.122. The third-order valence-corrected chi connectivity index (χ3v) is 7.27. The fourth-order valence-corrected chi connectivity index (χ4v) is 5.25. The van der Waals surface area contributed by atoms with Gasteiger partial charge < -0.3 is 29.3 Å². The van der Waals surface area contributed by atoms with Crippen molar-refractivity contribution < 1.29 is 23.0 Å². The van der Waals surface area contributed by atoms with Crippen LogP contribution >= 0.6 is 0 Å². The molecule has 208 valence electrons. The van der Waals surface area contributed by atoms with Crippen LogP contribution in [0, 0.1) is 18.6 Å². The lowest BCUT2D eigenvalue weighted by Crippen LogP contribution is -2.38. The lowest BCUT2D eigenvalue weighted by Gasteiger charge is -2.32. The summed E-state index contributed by atoms with van der Waals surface area (Å²) in [5.74, 6) is -0.317. The number of ether oxygens (including phenoxy) is 3. The van der Waals surface area contributed by atoms with Crippen LogP contribution in [0.25, 0.3) is 22.2 Å². The molecule has 2 fully saturated rings. The van der Waals surface area contributed by atoms with E-state index in [9.17, 15) is 4.39 Å². The summed E-state index contributed by atoms with van der Waals surface area (Å²) in [4.78, 5) is 18.2. The minimum Gasteiger partial charge on any atom is -0.481 e. The van der Waals surface area contributed by atoms with Crippen LogP contribution in [-0.4, -0.2) is 74.7 Å². The van der Waals surface area contributed by atoms with Gasteiger partial charge in [0.05, 0.1) is 79.0 Å². The smallest absolute Gasteiger partial charge is 0.222 e. The first-order valence-electron chi connectivity index (χ1n) is 13.2. The number of aromatic nitrogens is 3. The van der Waals surface area contributed by atoms with Crippen LogP contribution in [0.5, 0.6) is 5.88 Å². The first kappa shape index (κ1) is 26.1. The molecule has 6 rings (SSSR count). The Kier molecular flexibility index (Phi) is 7.31. The highest BCUT2D eigenvalue weighted by atomic mass is 19.1. The van der Waals surface area contributed by atoms with Crippen LogP contribution in [0.15, 0.2) is 42.7 Å². The van der Waals surface area contributed by atoms with E-state index in [2.05, 4.69) is 25.1 Å². The molecule has 2 aliphatic heterocycles. The van der Waals surface area contributed by atoms with E-state index in [0.29, 0.717) is 73.6 Å². The normalized spacial score (nSPS) is 15.9. The second kappa shape index (κ2) is 11.2. The highest BCUT2D eigenvalue weighted by Crippen LogP contribution is 2.41. The Bertz CT molecular complexity index is 1540. The van der Waals surface area contributed by atoms with Gasteiger partial charge in [-0.3, -0.25) is 0 Å². The van der Waals surface area contributed by atoms with Crippen molar-refractivity contribution in [2.75, 3.05) is 74.8 Å². The first-order valence-corrected chi connectivity index (χ1v) is 13.2. The molecule has 11 heteroatoms. The van der Waals surface area contributed by atoms with E-state index in [1.165, 1.54) is 13.2 Å². The van der Waals surface area contributed by atoms with Gasteiger partial charge in [-0.25, -0.2) is 23.7 Å². The Balaban J connectivity index is 1.54. The predicted octanol–water partition coefficient (Wildman–Crippen LogP) is 4.70. The first-order chi connectivity index (χ1) is 19.5. The van der Waals surface area contributed by atoms with Crippen LogP contribution in [0.1, 0.15) is 5.56 Å². The Morgan fingerprint density at radius 2 is 1.68 bits per heavy atom. The molecule has 1 N–H and O–H groups in total. The average Bonchev–Trinajstić information content (AvgIpc) is 2.99. The van der Waals surface area contributed by atoms with Gasteiger partial charge >= 0.3 is 0 Å². The zero-order valence-electron chi connectivity index (χ0n) is 22.4. The van der Waals surface area contributed by atoms with Crippen molar-refractivity contribution in [1.82, 2.24) is 15.0 Å². The van der Waals surface area contributed by atoms with E-state index in [1.54, 1.807) is 12.3 Å². The standard InChI is InChI=1S/C29H30F2N6O3/c1-18-26(21-4-3-5-32-29(21)38-2)34-23-15-19(30)14-22(31)25(23)27(18)35-24-16-20(36-6-10-39-11-7-36)17-33-28(24)37-8-12-40-13-9-37/h3-5,14-17H,6-13H2,1-2H3,(H,34,35). The van der Waals surface area contributed by atoms with Crippen molar-refractivity contribution >= 4 is 33.8 Å². The third kappa shape index (κ3) is 4.98. The monoisotopic (exact) mass is 548 g/mol. The topological polar surface area (TPSA) is 84.9 Å². The zero-order chi connectivity index (χ0) is 27.6. The molecule has 2 aliphatic rings. The van der Waals surface area contributed by atoms with E-state index in [-0.39, 0.29) is 10.9 Å². The van der Waals surface area contributed by atoms with Crippen LogP contribution in [-0.2, 0) is 9.47 Å². The number of nitrogens with one attached hydrogen (secondary N) is 1. The summed E-state index contributed by atoms with van der Waals surface area (Å²) >= 11 is 0. The summed E-state index contributed by atoms with van der Waals surface area (Å²) in [6, 6.07) is 7.74. The van der Waals surface area contributed by atoms with Crippen LogP contribution < -0.4 is 19.9 Å². The number of rotatable bonds is 6. The van der Waals surface area contributed by atoms with Gasteiger partial charge in [-0.05, 0) is 30.7 Å². The van der Waals surface area contributed by atoms with Crippen molar-refractivity contribution in [2.45, 2.75) is 6.92 Å². The number of benzene rings is 1. The summed E-state index contributed by atoms with van der Waals surface area (Å²) in [5, 5.41) is 3.69. The Morgan fingerprint density at radius 1 is 0.950 bits per heavy atom. The second-order valence-corrected chi connectivity index (χ2v) is 9.69. The maximum absolute atomic E-state index is 15.5. The van der Waals surface area contributed by atoms with E-state index in [4.69, 9.17) is 19.2 Å². The van der Waals surface area contributed by atoms with Gasteiger partial charge in [-0.2, -0.15) is 0 Å². The highest BCUT2D eigenvalue weighted by molar-refractivity contribution is 5.99. The lowest BCUT2D eigenvalue weighted by atomic mass is 10.0. The second-order valence-electron chi connectivity index (χ2n) is 9.69. The number of anilines is 4. The summed E-state index contributed by atoms with van der Waals surface area (Å²) in [5.41, 5.74) is 4.07. The van der Waals surface area contributed by atoms with Gasteiger partial charge in [-0.1, -0.05) is 0 Å². The molecule has 0 saturated carbocycles. The van der Waals surface area contributed by atoms with Gasteiger partial charge in [0.1, 0.15) is 11.6 Å². The molecule has 0 bridgehead atoms. The summed E-state index contributed by atoms with van der Waals surface area (Å²) in [6.45, 7) is 7.13. The molecule has 0 amide bonds. The Hall–Kier alpha value is -4.09. The number of methoxy groups -OCH3 is 1. The zero-order valence-corrected chi connectivity index (χ0v) is 22.4. The van der Waals surface area contributed by atoms with Crippen LogP contribution in [0.3, 0.4) is 0 Å². The number of morpholine rings is 2.